The van der Waals surface area contributed by atoms with Crippen molar-refractivity contribution < 1.29 is 13.3 Å². The van der Waals surface area contributed by atoms with E-state index in [1.54, 1.807) is 20.0 Å². The van der Waals surface area contributed by atoms with Crippen molar-refractivity contribution in [3.05, 3.63) is 17.8 Å². The third kappa shape index (κ3) is 1.13. The van der Waals surface area contributed by atoms with Crippen molar-refractivity contribution in [2.24, 2.45) is 0 Å². The van der Waals surface area contributed by atoms with Gasteiger partial charge in [-0.15, -0.1) is 0 Å². The van der Waals surface area contributed by atoms with Crippen molar-refractivity contribution in [2.75, 3.05) is 5.73 Å². The summed E-state index contributed by atoms with van der Waals surface area (Å²) in [4.78, 5) is 8.09. The first-order valence-electron chi connectivity index (χ1n) is 4.73. The molecule has 0 aliphatic rings. The number of aryl methyl sites for hydroxylation is 2. The van der Waals surface area contributed by atoms with E-state index in [1.807, 2.05) is 0 Å². The minimum atomic E-state index is 0.320. The molecule has 0 fully saturated rings. The smallest absolute Gasteiger partial charge is 0.268 e. The highest BCUT2D eigenvalue weighted by molar-refractivity contribution is 5.84. The maximum absolute atomic E-state index is 5.76. The Kier molecular flexibility index (Phi) is 1.62. The van der Waals surface area contributed by atoms with Gasteiger partial charge in [0, 0.05) is 6.92 Å². The molecule has 0 aliphatic heterocycles. The molecule has 6 heteroatoms. The lowest BCUT2D eigenvalue weighted by atomic mass is 10.4. The van der Waals surface area contributed by atoms with E-state index in [0.717, 1.165) is 0 Å². The van der Waals surface area contributed by atoms with Crippen LogP contribution in [0.5, 0.6) is 0 Å². The van der Waals surface area contributed by atoms with Gasteiger partial charge in [-0.2, -0.15) is 4.98 Å². The number of hydrogen-bond donors (Lipinski definition) is 1. The van der Waals surface area contributed by atoms with Crippen molar-refractivity contribution in [3.63, 3.8) is 0 Å². The molecule has 82 valence electrons. The third-order valence-corrected chi connectivity index (χ3v) is 2.30. The lowest BCUT2D eigenvalue weighted by molar-refractivity contribution is 0.504. The van der Waals surface area contributed by atoms with E-state index >= 15 is 0 Å². The number of rotatable bonds is 1. The standard InChI is InChI=1S/C10H9N3O3/c1-4-7(11)8-10(14-4)13-9(16-8)6-3-12-5(2)15-6/h3H,11H2,1-2H3. The zero-order valence-electron chi connectivity index (χ0n) is 8.77. The Balaban J connectivity index is 2.19. The highest BCUT2D eigenvalue weighted by Crippen LogP contribution is 2.31. The van der Waals surface area contributed by atoms with Crippen molar-refractivity contribution in [1.29, 1.82) is 0 Å². The minimum Gasteiger partial charge on any atom is -0.438 e. The predicted octanol–water partition coefficient (Wildman–Crippen LogP) is 2.27. The topological polar surface area (TPSA) is 91.2 Å². The number of anilines is 1. The van der Waals surface area contributed by atoms with E-state index < -0.39 is 0 Å². The molecule has 16 heavy (non-hydrogen) atoms. The number of furan rings is 1. The summed E-state index contributed by atoms with van der Waals surface area (Å²) in [7, 11) is 0. The second-order valence-corrected chi connectivity index (χ2v) is 3.47. The molecule has 3 aromatic rings. The quantitative estimate of drug-likeness (QED) is 0.675. The number of nitrogens with zero attached hydrogens (tertiary/aromatic N) is 2. The van der Waals surface area contributed by atoms with E-state index in [-0.39, 0.29) is 0 Å². The van der Waals surface area contributed by atoms with Gasteiger partial charge in [0.1, 0.15) is 11.4 Å². The van der Waals surface area contributed by atoms with E-state index in [4.69, 9.17) is 19.0 Å². The highest BCUT2D eigenvalue weighted by atomic mass is 16.4. The minimum absolute atomic E-state index is 0.320. The molecule has 0 aromatic carbocycles. The highest BCUT2D eigenvalue weighted by Gasteiger charge is 2.18. The monoisotopic (exact) mass is 219 g/mol. The lowest BCUT2D eigenvalue weighted by Crippen LogP contribution is -1.82. The average molecular weight is 219 g/mol. The average Bonchev–Trinajstić information content (AvgIpc) is 2.87. The summed E-state index contributed by atoms with van der Waals surface area (Å²) in [5.41, 5.74) is 7.04. The number of fused-ring (bicyclic) bond motifs is 1. The van der Waals surface area contributed by atoms with E-state index in [1.165, 1.54) is 0 Å². The molecular weight excluding hydrogens is 210 g/mol. The van der Waals surface area contributed by atoms with Gasteiger partial charge < -0.3 is 19.0 Å². The summed E-state index contributed by atoms with van der Waals surface area (Å²) in [6.45, 7) is 3.50. The van der Waals surface area contributed by atoms with Crippen molar-refractivity contribution in [2.45, 2.75) is 13.8 Å². The number of aromatic nitrogens is 2. The van der Waals surface area contributed by atoms with Gasteiger partial charge in [-0.25, -0.2) is 4.98 Å². The molecule has 0 saturated carbocycles. The number of nitrogens with two attached hydrogens (primary N) is 1. The summed E-state index contributed by atoms with van der Waals surface area (Å²) in [5.74, 6) is 1.93. The van der Waals surface area contributed by atoms with Crippen LogP contribution in [0.3, 0.4) is 0 Å². The van der Waals surface area contributed by atoms with Crippen molar-refractivity contribution in [1.82, 2.24) is 9.97 Å². The Morgan fingerprint density at radius 2 is 2.00 bits per heavy atom. The SMILES string of the molecule is Cc1ncc(-c2nc3oc(C)c(N)c3o2)o1. The predicted molar refractivity (Wildman–Crippen MR) is 55.7 cm³/mol. The maximum atomic E-state index is 5.76. The Hall–Kier alpha value is -2.24. The van der Waals surface area contributed by atoms with Gasteiger partial charge in [0.15, 0.2) is 5.89 Å². The molecule has 3 heterocycles. The molecule has 0 radical (unpaired) electrons. The molecule has 0 bridgehead atoms. The van der Waals surface area contributed by atoms with Gasteiger partial charge in [-0.05, 0) is 6.92 Å². The molecule has 3 aromatic heterocycles. The van der Waals surface area contributed by atoms with Crippen LogP contribution in [0.25, 0.3) is 22.9 Å². The fourth-order valence-corrected chi connectivity index (χ4v) is 1.47. The van der Waals surface area contributed by atoms with Gasteiger partial charge in [-0.1, -0.05) is 0 Å². The molecule has 0 saturated heterocycles. The van der Waals surface area contributed by atoms with Crippen LogP contribution in [-0.4, -0.2) is 9.97 Å². The Morgan fingerprint density at radius 3 is 2.62 bits per heavy atom. The second-order valence-electron chi connectivity index (χ2n) is 3.47. The molecule has 2 N–H and O–H groups in total. The molecule has 0 aliphatic carbocycles. The zero-order chi connectivity index (χ0) is 11.3. The summed E-state index contributed by atoms with van der Waals surface area (Å²) in [6, 6.07) is 0. The van der Waals surface area contributed by atoms with E-state index in [2.05, 4.69) is 9.97 Å². The van der Waals surface area contributed by atoms with Crippen LogP contribution in [0.4, 0.5) is 5.69 Å². The Morgan fingerprint density at radius 1 is 1.19 bits per heavy atom. The molecule has 6 nitrogen and oxygen atoms in total. The molecule has 0 amide bonds. The van der Waals surface area contributed by atoms with E-state index in [9.17, 15) is 0 Å². The fraction of sp³-hybridized carbons (Fsp3) is 0.200. The first-order chi connectivity index (χ1) is 7.65. The zero-order valence-corrected chi connectivity index (χ0v) is 8.77. The fourth-order valence-electron chi connectivity index (χ4n) is 1.47. The van der Waals surface area contributed by atoms with Crippen LogP contribution < -0.4 is 5.73 Å². The van der Waals surface area contributed by atoms with Gasteiger partial charge in [0.2, 0.25) is 11.3 Å². The van der Waals surface area contributed by atoms with Crippen molar-refractivity contribution in [3.8, 4) is 11.7 Å². The van der Waals surface area contributed by atoms with Crippen LogP contribution >= 0.6 is 0 Å². The Bertz CT molecular complexity index is 662. The van der Waals surface area contributed by atoms with Gasteiger partial charge in [0.05, 0.1) is 6.20 Å². The van der Waals surface area contributed by atoms with Gasteiger partial charge in [-0.3, -0.25) is 0 Å². The molecule has 0 spiro atoms. The van der Waals surface area contributed by atoms with Crippen LogP contribution in [0.15, 0.2) is 19.4 Å². The molecule has 0 unspecified atom stereocenters. The molecular formula is C10H9N3O3. The molecule has 3 rings (SSSR count). The summed E-state index contributed by atoms with van der Waals surface area (Å²) in [6.07, 6.45) is 1.54. The first kappa shape index (κ1) is 9.02. The lowest BCUT2D eigenvalue weighted by Gasteiger charge is -1.87. The summed E-state index contributed by atoms with van der Waals surface area (Å²) < 4.78 is 16.1. The van der Waals surface area contributed by atoms with Crippen LogP contribution in [0, 0.1) is 13.8 Å². The summed E-state index contributed by atoms with van der Waals surface area (Å²) >= 11 is 0. The number of oxazole rings is 2. The third-order valence-electron chi connectivity index (χ3n) is 2.30. The molecule has 0 atom stereocenters. The van der Waals surface area contributed by atoms with Crippen LogP contribution in [0.2, 0.25) is 0 Å². The van der Waals surface area contributed by atoms with Crippen molar-refractivity contribution >= 4 is 17.0 Å². The first-order valence-corrected chi connectivity index (χ1v) is 4.73. The normalized spacial score (nSPS) is 11.4. The Labute approximate surface area is 90.1 Å². The summed E-state index contributed by atoms with van der Waals surface area (Å²) in [5, 5.41) is 0. The maximum Gasteiger partial charge on any atom is 0.268 e. The second kappa shape index (κ2) is 2.88. The van der Waals surface area contributed by atoms with Gasteiger partial charge in [0.25, 0.3) is 11.6 Å². The van der Waals surface area contributed by atoms with Crippen LogP contribution in [0.1, 0.15) is 11.7 Å². The number of nitrogen functional groups attached to an aromatic ring is 1. The number of hydrogen-bond acceptors (Lipinski definition) is 6. The van der Waals surface area contributed by atoms with E-state index in [0.29, 0.717) is 40.3 Å². The van der Waals surface area contributed by atoms with Gasteiger partial charge >= 0.3 is 0 Å². The largest absolute Gasteiger partial charge is 0.438 e. The van der Waals surface area contributed by atoms with Crippen LogP contribution in [-0.2, 0) is 0 Å².